The molecule has 1 atom stereocenters. The molecule has 0 spiro atoms. The summed E-state index contributed by atoms with van der Waals surface area (Å²) in [5, 5.41) is 4.10. The zero-order valence-corrected chi connectivity index (χ0v) is 17.4. The third-order valence-electron chi connectivity index (χ3n) is 4.62. The van der Waals surface area contributed by atoms with Crippen molar-refractivity contribution in [2.75, 3.05) is 6.61 Å². The highest BCUT2D eigenvalue weighted by Gasteiger charge is 2.13. The Morgan fingerprint density at radius 1 is 0.966 bits per heavy atom. The van der Waals surface area contributed by atoms with E-state index in [1.54, 1.807) is 18.2 Å². The maximum atomic E-state index is 13.1. The van der Waals surface area contributed by atoms with Crippen LogP contribution in [0.15, 0.2) is 66.7 Å². The highest BCUT2D eigenvalue weighted by molar-refractivity contribution is 6.31. The van der Waals surface area contributed by atoms with Crippen molar-refractivity contribution in [2.45, 2.75) is 33.0 Å². The number of halogens is 2. The lowest BCUT2D eigenvalue weighted by molar-refractivity contribution is 0.269. The van der Waals surface area contributed by atoms with Gasteiger partial charge in [-0.15, -0.1) is 0 Å². The van der Waals surface area contributed by atoms with Crippen molar-refractivity contribution in [3.8, 4) is 11.5 Å². The van der Waals surface area contributed by atoms with Crippen molar-refractivity contribution in [1.82, 2.24) is 5.32 Å². The Kier molecular flexibility index (Phi) is 7.50. The molecule has 0 aromatic heterocycles. The molecular formula is C24H25ClFNO2. The molecule has 3 rings (SSSR count). The first kappa shape index (κ1) is 21.2. The molecule has 0 aliphatic rings. The van der Waals surface area contributed by atoms with E-state index in [1.165, 1.54) is 17.7 Å². The summed E-state index contributed by atoms with van der Waals surface area (Å²) in [6, 6.07) is 20.4. The largest absolute Gasteiger partial charge is 0.490 e. The summed E-state index contributed by atoms with van der Waals surface area (Å²) in [5.74, 6) is 0.942. The molecule has 0 saturated carbocycles. The smallest absolute Gasteiger partial charge is 0.163 e. The zero-order valence-electron chi connectivity index (χ0n) is 16.6. The van der Waals surface area contributed by atoms with Crippen LogP contribution in [0.5, 0.6) is 11.5 Å². The molecule has 0 aliphatic heterocycles. The van der Waals surface area contributed by atoms with Crippen LogP contribution in [0.2, 0.25) is 5.02 Å². The van der Waals surface area contributed by atoms with Gasteiger partial charge in [-0.25, -0.2) is 4.39 Å². The molecule has 5 heteroatoms. The van der Waals surface area contributed by atoms with Gasteiger partial charge in [-0.1, -0.05) is 54.1 Å². The van der Waals surface area contributed by atoms with Gasteiger partial charge in [-0.05, 0) is 48.7 Å². The van der Waals surface area contributed by atoms with E-state index in [2.05, 4.69) is 24.4 Å². The minimum atomic E-state index is -0.270. The second kappa shape index (κ2) is 10.3. The monoisotopic (exact) mass is 413 g/mol. The topological polar surface area (TPSA) is 30.5 Å². The van der Waals surface area contributed by atoms with Crippen LogP contribution in [-0.2, 0) is 13.2 Å². The second-order valence-electron chi connectivity index (χ2n) is 6.75. The highest BCUT2D eigenvalue weighted by atomic mass is 35.5. The Morgan fingerprint density at radius 3 is 2.34 bits per heavy atom. The number of ether oxygens (including phenoxy) is 2. The second-order valence-corrected chi connectivity index (χ2v) is 7.16. The Morgan fingerprint density at radius 2 is 1.66 bits per heavy atom. The van der Waals surface area contributed by atoms with Gasteiger partial charge >= 0.3 is 0 Å². The van der Waals surface area contributed by atoms with E-state index in [1.807, 2.05) is 31.2 Å². The molecule has 29 heavy (non-hydrogen) atoms. The quantitative estimate of drug-likeness (QED) is 0.446. The lowest BCUT2D eigenvalue weighted by Gasteiger charge is -2.18. The van der Waals surface area contributed by atoms with E-state index in [4.69, 9.17) is 21.1 Å². The number of hydrogen-bond donors (Lipinski definition) is 1. The van der Waals surface area contributed by atoms with Crippen molar-refractivity contribution in [3.63, 3.8) is 0 Å². The maximum Gasteiger partial charge on any atom is 0.163 e. The van der Waals surface area contributed by atoms with E-state index < -0.39 is 0 Å². The fourth-order valence-electron chi connectivity index (χ4n) is 2.96. The summed E-state index contributed by atoms with van der Waals surface area (Å²) in [4.78, 5) is 0. The summed E-state index contributed by atoms with van der Waals surface area (Å²) in [7, 11) is 0. The van der Waals surface area contributed by atoms with Crippen molar-refractivity contribution >= 4 is 11.6 Å². The van der Waals surface area contributed by atoms with Crippen LogP contribution in [0.25, 0.3) is 0 Å². The fraction of sp³-hybridized carbons (Fsp3) is 0.250. The molecule has 1 N–H and O–H groups in total. The normalized spacial score (nSPS) is 11.9. The van der Waals surface area contributed by atoms with Gasteiger partial charge in [0.2, 0.25) is 0 Å². The van der Waals surface area contributed by atoms with Gasteiger partial charge < -0.3 is 14.8 Å². The Balaban J connectivity index is 1.70. The van der Waals surface area contributed by atoms with Gasteiger partial charge in [0.05, 0.1) is 6.61 Å². The maximum absolute atomic E-state index is 13.1. The number of nitrogens with one attached hydrogen (secondary N) is 1. The summed E-state index contributed by atoms with van der Waals surface area (Å²) < 4.78 is 24.7. The van der Waals surface area contributed by atoms with E-state index in [0.29, 0.717) is 36.3 Å². The molecule has 0 heterocycles. The third kappa shape index (κ3) is 5.96. The van der Waals surface area contributed by atoms with Crippen LogP contribution in [0.4, 0.5) is 4.39 Å². The van der Waals surface area contributed by atoms with E-state index in [-0.39, 0.29) is 11.9 Å². The lowest BCUT2D eigenvalue weighted by atomic mass is 10.1. The SMILES string of the molecule is CCOc1cc(CNC(C)c2ccccc2)c(Cl)cc1OCc1ccc(F)cc1. The Hall–Kier alpha value is -2.56. The predicted molar refractivity (Wildman–Crippen MR) is 115 cm³/mol. The Labute approximate surface area is 176 Å². The first-order valence-electron chi connectivity index (χ1n) is 9.67. The number of rotatable bonds is 9. The zero-order chi connectivity index (χ0) is 20.6. The van der Waals surface area contributed by atoms with Crippen LogP contribution in [0.3, 0.4) is 0 Å². The van der Waals surface area contributed by atoms with Crippen LogP contribution in [0, 0.1) is 5.82 Å². The third-order valence-corrected chi connectivity index (χ3v) is 4.97. The molecule has 0 bridgehead atoms. The van der Waals surface area contributed by atoms with Crippen molar-refractivity contribution in [3.05, 3.63) is 94.3 Å². The molecule has 3 nitrogen and oxygen atoms in total. The average molecular weight is 414 g/mol. The number of hydrogen-bond acceptors (Lipinski definition) is 3. The van der Waals surface area contributed by atoms with E-state index in [9.17, 15) is 4.39 Å². The van der Waals surface area contributed by atoms with Gasteiger partial charge in [0, 0.05) is 23.7 Å². The van der Waals surface area contributed by atoms with Gasteiger partial charge in [0.25, 0.3) is 0 Å². The molecule has 0 radical (unpaired) electrons. The molecule has 3 aromatic carbocycles. The number of benzene rings is 3. The van der Waals surface area contributed by atoms with Crippen LogP contribution >= 0.6 is 11.6 Å². The summed E-state index contributed by atoms with van der Waals surface area (Å²) >= 11 is 6.51. The minimum Gasteiger partial charge on any atom is -0.490 e. The fourth-order valence-corrected chi connectivity index (χ4v) is 3.18. The van der Waals surface area contributed by atoms with Crippen molar-refractivity contribution in [2.24, 2.45) is 0 Å². The van der Waals surface area contributed by atoms with E-state index in [0.717, 1.165) is 11.1 Å². The molecule has 0 fully saturated rings. The Bertz CT molecular complexity index is 916. The van der Waals surface area contributed by atoms with Crippen molar-refractivity contribution in [1.29, 1.82) is 0 Å². The average Bonchev–Trinajstić information content (AvgIpc) is 2.74. The van der Waals surface area contributed by atoms with Gasteiger partial charge in [0.15, 0.2) is 11.5 Å². The molecular weight excluding hydrogens is 389 g/mol. The lowest BCUT2D eigenvalue weighted by Crippen LogP contribution is -2.18. The van der Waals surface area contributed by atoms with Gasteiger partial charge in [-0.3, -0.25) is 0 Å². The predicted octanol–water partition coefficient (Wildman–Crippen LogP) is 6.31. The van der Waals surface area contributed by atoms with Crippen LogP contribution in [-0.4, -0.2) is 6.61 Å². The van der Waals surface area contributed by atoms with Gasteiger partial charge in [-0.2, -0.15) is 0 Å². The van der Waals surface area contributed by atoms with Crippen LogP contribution < -0.4 is 14.8 Å². The highest BCUT2D eigenvalue weighted by Crippen LogP contribution is 2.34. The first-order chi connectivity index (χ1) is 14.1. The molecule has 0 amide bonds. The summed E-state index contributed by atoms with van der Waals surface area (Å²) in [5.41, 5.74) is 3.02. The standard InChI is InChI=1S/C24H25ClFNO2/c1-3-28-23-13-20(15-27-17(2)19-7-5-4-6-8-19)22(25)14-24(23)29-16-18-9-11-21(26)12-10-18/h4-14,17,27H,3,15-16H2,1-2H3. The summed E-state index contributed by atoms with van der Waals surface area (Å²) in [6.07, 6.45) is 0. The minimum absolute atomic E-state index is 0.192. The molecule has 0 saturated heterocycles. The molecule has 3 aromatic rings. The molecule has 152 valence electrons. The summed E-state index contributed by atoms with van der Waals surface area (Å²) in [6.45, 7) is 5.47. The van der Waals surface area contributed by atoms with Crippen LogP contribution in [0.1, 0.15) is 36.6 Å². The molecule has 0 aliphatic carbocycles. The first-order valence-corrected chi connectivity index (χ1v) is 10.1. The van der Waals surface area contributed by atoms with E-state index >= 15 is 0 Å². The molecule has 1 unspecified atom stereocenters. The van der Waals surface area contributed by atoms with Crippen molar-refractivity contribution < 1.29 is 13.9 Å². The van der Waals surface area contributed by atoms with Gasteiger partial charge in [0.1, 0.15) is 12.4 Å².